The Bertz CT molecular complexity index is 626. The Hall–Kier alpha value is -1.34. The molecule has 0 saturated carbocycles. The van der Waals surface area contributed by atoms with Crippen LogP contribution in [-0.2, 0) is 42.7 Å². The van der Waals surface area contributed by atoms with Gasteiger partial charge < -0.3 is 43.6 Å². The molecule has 46 heavy (non-hydrogen) atoms. The lowest BCUT2D eigenvalue weighted by molar-refractivity contribution is -0.138. The van der Waals surface area contributed by atoms with Gasteiger partial charge in [0.05, 0.1) is 85.7 Å². The van der Waals surface area contributed by atoms with E-state index in [0.717, 1.165) is 13.0 Å². The Morgan fingerprint density at radius 3 is 1.07 bits per heavy atom. The molecule has 0 aromatic rings. The van der Waals surface area contributed by atoms with E-state index >= 15 is 0 Å². The number of unbranched alkanes of at least 4 members (excludes halogenated alkanes) is 13. The van der Waals surface area contributed by atoms with Crippen LogP contribution in [0.2, 0.25) is 0 Å². The van der Waals surface area contributed by atoms with Gasteiger partial charge >= 0.3 is 5.97 Å². The van der Waals surface area contributed by atoms with Crippen LogP contribution in [0.5, 0.6) is 0 Å². The van der Waals surface area contributed by atoms with Crippen molar-refractivity contribution in [3.05, 3.63) is 0 Å². The monoisotopic (exact) mass is 663 g/mol. The van der Waals surface area contributed by atoms with Gasteiger partial charge in [-0.25, -0.2) is 0 Å². The lowest BCUT2D eigenvalue weighted by Crippen LogP contribution is -2.25. The topological polar surface area (TPSA) is 131 Å². The van der Waals surface area contributed by atoms with Crippen LogP contribution in [0.1, 0.15) is 116 Å². The van der Waals surface area contributed by atoms with Gasteiger partial charge in [-0.15, -0.1) is 0 Å². The number of hydrogen-bond donors (Lipinski definition) is 2. The number of aliphatic carboxylic acids is 1. The molecular weight excluding hydrogens is 594 g/mol. The molecule has 0 atom stereocenters. The molecule has 0 aliphatic rings. The highest BCUT2D eigenvalue weighted by Gasteiger charge is 2.04. The second-order valence-electron chi connectivity index (χ2n) is 11.5. The Morgan fingerprint density at radius 2 is 0.717 bits per heavy atom. The van der Waals surface area contributed by atoms with E-state index in [1.165, 1.54) is 83.5 Å². The van der Waals surface area contributed by atoms with Crippen LogP contribution in [0.25, 0.3) is 0 Å². The van der Waals surface area contributed by atoms with Crippen molar-refractivity contribution >= 4 is 11.9 Å². The van der Waals surface area contributed by atoms with Gasteiger partial charge in [-0.05, 0) is 12.8 Å². The molecule has 0 bridgehead atoms. The maximum absolute atomic E-state index is 11.4. The fourth-order valence-corrected chi connectivity index (χ4v) is 4.53. The zero-order valence-electron chi connectivity index (χ0n) is 29.2. The summed E-state index contributed by atoms with van der Waals surface area (Å²) in [7, 11) is 0. The van der Waals surface area contributed by atoms with Crippen molar-refractivity contribution < 1.29 is 47.9 Å². The minimum atomic E-state index is -0.975. The van der Waals surface area contributed by atoms with E-state index in [2.05, 4.69) is 12.2 Å². The number of rotatable bonds is 40. The molecule has 1 amide bonds. The maximum atomic E-state index is 11.4. The predicted molar refractivity (Wildman–Crippen MR) is 181 cm³/mol. The fraction of sp³-hybridized carbons (Fsp3) is 0.943. The summed E-state index contributed by atoms with van der Waals surface area (Å²) in [6.07, 6.45) is 19.7. The van der Waals surface area contributed by atoms with E-state index in [1.54, 1.807) is 0 Å². The first-order valence-electron chi connectivity index (χ1n) is 18.2. The van der Waals surface area contributed by atoms with E-state index in [1.807, 2.05) is 0 Å². The minimum Gasteiger partial charge on any atom is -0.481 e. The van der Waals surface area contributed by atoms with Gasteiger partial charge in [-0.2, -0.15) is 0 Å². The van der Waals surface area contributed by atoms with Crippen LogP contribution in [0, 0.1) is 0 Å². The normalized spacial score (nSPS) is 11.3. The molecule has 0 saturated heterocycles. The van der Waals surface area contributed by atoms with Crippen LogP contribution >= 0.6 is 0 Å². The van der Waals surface area contributed by atoms with Gasteiger partial charge in [-0.3, -0.25) is 9.59 Å². The molecule has 2 N–H and O–H groups in total. The number of nitrogens with one attached hydrogen (secondary N) is 1. The third-order valence-corrected chi connectivity index (χ3v) is 7.23. The summed E-state index contributed by atoms with van der Waals surface area (Å²) < 4.78 is 38.5. The molecule has 0 rings (SSSR count). The molecular formula is C35H69NO10. The SMILES string of the molecule is CCCCCCCCCCCCCCCCOCCOCCOCCOCCOCCOCCOCCCNC(=O)CCC(=O)O. The van der Waals surface area contributed by atoms with Crippen molar-refractivity contribution in [2.24, 2.45) is 0 Å². The molecule has 0 unspecified atom stereocenters. The summed E-state index contributed by atoms with van der Waals surface area (Å²) in [5.74, 6) is -1.23. The lowest BCUT2D eigenvalue weighted by atomic mass is 10.0. The summed E-state index contributed by atoms with van der Waals surface area (Å²) in [5, 5.41) is 11.2. The summed E-state index contributed by atoms with van der Waals surface area (Å²) in [4.78, 5) is 21.8. The summed E-state index contributed by atoms with van der Waals surface area (Å²) in [6, 6.07) is 0. The smallest absolute Gasteiger partial charge is 0.303 e. The largest absolute Gasteiger partial charge is 0.481 e. The van der Waals surface area contributed by atoms with Gasteiger partial charge in [0, 0.05) is 26.2 Å². The van der Waals surface area contributed by atoms with Crippen LogP contribution < -0.4 is 5.32 Å². The molecule has 0 heterocycles. The Labute approximate surface area is 280 Å². The maximum Gasteiger partial charge on any atom is 0.303 e. The van der Waals surface area contributed by atoms with Gasteiger partial charge in [-0.1, -0.05) is 90.4 Å². The van der Waals surface area contributed by atoms with Crippen molar-refractivity contribution in [2.45, 2.75) is 116 Å². The highest BCUT2D eigenvalue weighted by atomic mass is 16.6. The van der Waals surface area contributed by atoms with Crippen molar-refractivity contribution in [3.63, 3.8) is 0 Å². The van der Waals surface area contributed by atoms with E-state index in [-0.39, 0.29) is 18.7 Å². The highest BCUT2D eigenvalue weighted by molar-refractivity contribution is 5.80. The number of carboxylic acids is 1. The van der Waals surface area contributed by atoms with Crippen LogP contribution in [0.15, 0.2) is 0 Å². The quantitative estimate of drug-likeness (QED) is 0.0758. The van der Waals surface area contributed by atoms with Crippen LogP contribution in [-0.4, -0.2) is 116 Å². The molecule has 0 fully saturated rings. The second-order valence-corrected chi connectivity index (χ2v) is 11.5. The minimum absolute atomic E-state index is 0.00104. The Balaban J connectivity index is 3.08. The first-order chi connectivity index (χ1) is 22.7. The van der Waals surface area contributed by atoms with Crippen molar-refractivity contribution in [2.75, 3.05) is 99.0 Å². The number of amides is 1. The van der Waals surface area contributed by atoms with Crippen molar-refractivity contribution in [1.29, 1.82) is 0 Å². The second kappa shape index (κ2) is 39.8. The highest BCUT2D eigenvalue weighted by Crippen LogP contribution is 2.13. The standard InChI is InChI=1S/C35H69NO10/c1-2-3-4-5-6-7-8-9-10-11-12-13-14-15-20-40-22-24-42-26-28-44-30-32-46-33-31-45-29-27-43-25-23-41-21-16-19-36-34(37)17-18-35(38)39/h2-33H2,1H3,(H,36,37)(H,38,39). The summed E-state index contributed by atoms with van der Waals surface area (Å²) >= 11 is 0. The zero-order valence-corrected chi connectivity index (χ0v) is 29.2. The number of carbonyl (C=O) groups excluding carboxylic acids is 1. The first kappa shape index (κ1) is 44.7. The molecule has 274 valence electrons. The fourth-order valence-electron chi connectivity index (χ4n) is 4.53. The third-order valence-electron chi connectivity index (χ3n) is 7.23. The van der Waals surface area contributed by atoms with E-state index < -0.39 is 5.97 Å². The van der Waals surface area contributed by atoms with Gasteiger partial charge in [0.15, 0.2) is 0 Å². The number of ether oxygens (including phenoxy) is 7. The number of carboxylic acid groups (broad SMARTS) is 1. The molecule has 0 aromatic carbocycles. The van der Waals surface area contributed by atoms with Crippen LogP contribution in [0.4, 0.5) is 0 Å². The third kappa shape index (κ3) is 40.7. The molecule has 11 nitrogen and oxygen atoms in total. The average Bonchev–Trinajstić information content (AvgIpc) is 3.05. The predicted octanol–water partition coefficient (Wildman–Crippen LogP) is 5.96. The molecule has 0 radical (unpaired) electrons. The van der Waals surface area contributed by atoms with Gasteiger partial charge in [0.2, 0.25) is 5.91 Å². The molecule has 0 aromatic heterocycles. The van der Waals surface area contributed by atoms with Crippen molar-refractivity contribution in [3.8, 4) is 0 Å². The molecule has 0 spiro atoms. The first-order valence-corrected chi connectivity index (χ1v) is 18.2. The van der Waals surface area contributed by atoms with E-state index in [4.69, 9.17) is 38.3 Å². The summed E-state index contributed by atoms with van der Waals surface area (Å²) in [6.45, 7) is 10.4. The summed E-state index contributed by atoms with van der Waals surface area (Å²) in [5.41, 5.74) is 0. The van der Waals surface area contributed by atoms with Crippen LogP contribution in [0.3, 0.4) is 0 Å². The Kier molecular flexibility index (Phi) is 38.7. The molecule has 11 heteroatoms. The number of carbonyl (C=O) groups is 2. The van der Waals surface area contributed by atoms with E-state index in [9.17, 15) is 9.59 Å². The van der Waals surface area contributed by atoms with E-state index in [0.29, 0.717) is 98.9 Å². The molecule has 0 aliphatic heterocycles. The van der Waals surface area contributed by atoms with Gasteiger partial charge in [0.25, 0.3) is 0 Å². The van der Waals surface area contributed by atoms with Gasteiger partial charge in [0.1, 0.15) is 0 Å². The number of hydrogen-bond acceptors (Lipinski definition) is 9. The van der Waals surface area contributed by atoms with Crippen molar-refractivity contribution in [1.82, 2.24) is 5.32 Å². The molecule has 0 aliphatic carbocycles. The average molecular weight is 664 g/mol. The zero-order chi connectivity index (χ0) is 33.4. The Morgan fingerprint density at radius 1 is 0.413 bits per heavy atom. The lowest BCUT2D eigenvalue weighted by Gasteiger charge is -2.09.